The molecule has 1 aliphatic carbocycles. The predicted octanol–water partition coefficient (Wildman–Crippen LogP) is 2.99. The first-order chi connectivity index (χ1) is 8.70. The zero-order valence-electron chi connectivity index (χ0n) is 12.4. The largest absolute Gasteiger partial charge is 0.481 e. The van der Waals surface area contributed by atoms with Gasteiger partial charge in [0.15, 0.2) is 0 Å². The van der Waals surface area contributed by atoms with Crippen LogP contribution in [-0.4, -0.2) is 34.5 Å². The van der Waals surface area contributed by atoms with Crippen LogP contribution in [0.15, 0.2) is 0 Å². The maximum atomic E-state index is 10.9. The van der Waals surface area contributed by atoms with E-state index in [4.69, 9.17) is 14.6 Å². The average molecular weight is 270 g/mol. The van der Waals surface area contributed by atoms with E-state index in [9.17, 15) is 4.79 Å². The van der Waals surface area contributed by atoms with E-state index in [-0.39, 0.29) is 29.3 Å². The lowest BCUT2D eigenvalue weighted by Crippen LogP contribution is -2.38. The molecule has 1 N–H and O–H groups in total. The predicted molar refractivity (Wildman–Crippen MR) is 72.1 cm³/mol. The van der Waals surface area contributed by atoms with Gasteiger partial charge in [-0.2, -0.15) is 0 Å². The Morgan fingerprint density at radius 3 is 2.16 bits per heavy atom. The molecule has 1 saturated carbocycles. The minimum atomic E-state index is -0.663. The van der Waals surface area contributed by atoms with E-state index in [1.165, 1.54) is 0 Å². The van der Waals surface area contributed by atoms with Gasteiger partial charge in [-0.25, -0.2) is 0 Å². The molecule has 0 amide bonds. The van der Waals surface area contributed by atoms with E-state index >= 15 is 0 Å². The maximum Gasteiger partial charge on any atom is 0.306 e. The van der Waals surface area contributed by atoms with E-state index < -0.39 is 5.97 Å². The summed E-state index contributed by atoms with van der Waals surface area (Å²) in [5.41, 5.74) is -0.389. The number of rotatable bonds is 3. The second kappa shape index (κ2) is 5.06. The highest BCUT2D eigenvalue weighted by Crippen LogP contribution is 2.41. The summed E-state index contributed by atoms with van der Waals surface area (Å²) in [6.45, 7) is 8.35. The molecule has 2 rings (SSSR count). The molecule has 0 aromatic carbocycles. The van der Waals surface area contributed by atoms with Crippen molar-refractivity contribution < 1.29 is 19.4 Å². The van der Waals surface area contributed by atoms with Crippen molar-refractivity contribution in [3.05, 3.63) is 0 Å². The van der Waals surface area contributed by atoms with Gasteiger partial charge in [-0.05, 0) is 53.4 Å². The highest BCUT2D eigenvalue weighted by Gasteiger charge is 2.47. The molecule has 4 heteroatoms. The van der Waals surface area contributed by atoms with Gasteiger partial charge in [0.25, 0.3) is 0 Å². The van der Waals surface area contributed by atoms with Crippen molar-refractivity contribution in [2.75, 3.05) is 0 Å². The van der Waals surface area contributed by atoms with Gasteiger partial charge in [0, 0.05) is 6.42 Å². The van der Waals surface area contributed by atoms with Gasteiger partial charge >= 0.3 is 5.97 Å². The van der Waals surface area contributed by atoms with E-state index in [0.717, 1.165) is 32.1 Å². The molecule has 110 valence electrons. The van der Waals surface area contributed by atoms with E-state index in [2.05, 4.69) is 27.7 Å². The van der Waals surface area contributed by atoms with Crippen LogP contribution in [0.3, 0.4) is 0 Å². The lowest BCUT2D eigenvalue weighted by molar-refractivity contribution is -0.146. The van der Waals surface area contributed by atoms with Crippen molar-refractivity contribution in [1.29, 1.82) is 0 Å². The van der Waals surface area contributed by atoms with E-state index in [1.807, 2.05) is 0 Å². The van der Waals surface area contributed by atoms with Crippen molar-refractivity contribution in [3.63, 3.8) is 0 Å². The van der Waals surface area contributed by atoms with Crippen molar-refractivity contribution in [1.82, 2.24) is 0 Å². The van der Waals surface area contributed by atoms with Crippen LogP contribution >= 0.6 is 0 Å². The molecule has 2 fully saturated rings. The van der Waals surface area contributed by atoms with Gasteiger partial charge in [-0.1, -0.05) is 0 Å². The van der Waals surface area contributed by atoms with Gasteiger partial charge in [0.2, 0.25) is 0 Å². The summed E-state index contributed by atoms with van der Waals surface area (Å²) in [5.74, 6) is -0.840. The third-order valence-corrected chi connectivity index (χ3v) is 4.37. The first kappa shape index (κ1) is 14.8. The maximum absolute atomic E-state index is 10.9. The number of ether oxygens (including phenoxy) is 2. The molecule has 0 spiro atoms. The Morgan fingerprint density at radius 2 is 1.74 bits per heavy atom. The molecule has 4 nitrogen and oxygen atoms in total. The topological polar surface area (TPSA) is 55.8 Å². The van der Waals surface area contributed by atoms with Crippen LogP contribution in [0.5, 0.6) is 0 Å². The SMILES string of the molecule is CC1(C)CC(OC2CCC(C(=O)O)CC2)C(C)(C)O1. The highest BCUT2D eigenvalue weighted by molar-refractivity contribution is 5.70. The Balaban J connectivity index is 1.88. The molecule has 1 saturated heterocycles. The monoisotopic (exact) mass is 270 g/mol. The fraction of sp³-hybridized carbons (Fsp3) is 0.933. The lowest BCUT2D eigenvalue weighted by atomic mass is 9.87. The summed E-state index contributed by atoms with van der Waals surface area (Å²) < 4.78 is 12.2. The van der Waals surface area contributed by atoms with Crippen molar-refractivity contribution in [2.24, 2.45) is 5.92 Å². The number of carboxylic acids is 1. The summed E-state index contributed by atoms with van der Waals surface area (Å²) >= 11 is 0. The number of aliphatic carboxylic acids is 1. The standard InChI is InChI=1S/C15H26O4/c1-14(2)9-12(15(3,4)19-14)18-11-7-5-10(6-8-11)13(16)17/h10-12H,5-9H2,1-4H3,(H,16,17). The third kappa shape index (κ3) is 3.48. The molecule has 1 atom stereocenters. The van der Waals surface area contributed by atoms with Gasteiger partial charge < -0.3 is 14.6 Å². The van der Waals surface area contributed by atoms with Crippen LogP contribution in [0.4, 0.5) is 0 Å². The zero-order valence-corrected chi connectivity index (χ0v) is 12.4. The quantitative estimate of drug-likeness (QED) is 0.856. The summed E-state index contributed by atoms with van der Waals surface area (Å²) in [4.78, 5) is 10.9. The summed E-state index contributed by atoms with van der Waals surface area (Å²) in [7, 11) is 0. The van der Waals surface area contributed by atoms with Gasteiger partial charge in [-0.15, -0.1) is 0 Å². The molecule has 0 bridgehead atoms. The summed E-state index contributed by atoms with van der Waals surface area (Å²) in [6, 6.07) is 0. The second-order valence-electron chi connectivity index (χ2n) is 7.11. The smallest absolute Gasteiger partial charge is 0.306 e. The van der Waals surface area contributed by atoms with Crippen molar-refractivity contribution in [3.8, 4) is 0 Å². The van der Waals surface area contributed by atoms with Crippen LogP contribution in [-0.2, 0) is 14.3 Å². The Labute approximate surface area is 115 Å². The Hall–Kier alpha value is -0.610. The van der Waals surface area contributed by atoms with E-state index in [0.29, 0.717) is 0 Å². The molecule has 1 heterocycles. The Bertz CT molecular complexity index is 340. The molecule has 2 aliphatic rings. The normalized spacial score (nSPS) is 37.2. The fourth-order valence-corrected chi connectivity index (χ4v) is 3.40. The zero-order chi connectivity index (χ0) is 14.3. The van der Waals surface area contributed by atoms with Crippen molar-refractivity contribution in [2.45, 2.75) is 83.2 Å². The Kier molecular flexibility index (Phi) is 3.94. The Morgan fingerprint density at radius 1 is 1.16 bits per heavy atom. The second-order valence-corrected chi connectivity index (χ2v) is 7.11. The van der Waals surface area contributed by atoms with Crippen molar-refractivity contribution >= 4 is 5.97 Å². The first-order valence-corrected chi connectivity index (χ1v) is 7.28. The van der Waals surface area contributed by atoms with Gasteiger partial charge in [0.05, 0.1) is 29.3 Å². The number of carbonyl (C=O) groups is 1. The lowest BCUT2D eigenvalue weighted by Gasteiger charge is -2.33. The molecule has 1 unspecified atom stereocenters. The first-order valence-electron chi connectivity index (χ1n) is 7.28. The van der Waals surface area contributed by atoms with Gasteiger partial charge in [0.1, 0.15) is 0 Å². The third-order valence-electron chi connectivity index (χ3n) is 4.37. The summed E-state index contributed by atoms with van der Waals surface area (Å²) in [6.07, 6.45) is 4.37. The number of carboxylic acid groups (broad SMARTS) is 1. The van der Waals surface area contributed by atoms with Crippen LogP contribution in [0.1, 0.15) is 59.8 Å². The minimum Gasteiger partial charge on any atom is -0.481 e. The number of hydrogen-bond donors (Lipinski definition) is 1. The molecule has 0 radical (unpaired) electrons. The van der Waals surface area contributed by atoms with Gasteiger partial charge in [-0.3, -0.25) is 4.79 Å². The molecule has 0 aromatic rings. The minimum absolute atomic E-state index is 0.105. The fourth-order valence-electron chi connectivity index (χ4n) is 3.40. The summed E-state index contributed by atoms with van der Waals surface area (Å²) in [5, 5.41) is 9.00. The van der Waals surface area contributed by atoms with Crippen LogP contribution in [0, 0.1) is 5.92 Å². The highest BCUT2D eigenvalue weighted by atomic mass is 16.6. The van der Waals surface area contributed by atoms with Crippen LogP contribution in [0.2, 0.25) is 0 Å². The molecular weight excluding hydrogens is 244 g/mol. The van der Waals surface area contributed by atoms with E-state index in [1.54, 1.807) is 0 Å². The molecule has 0 aromatic heterocycles. The molecule has 19 heavy (non-hydrogen) atoms. The van der Waals surface area contributed by atoms with Crippen LogP contribution in [0.25, 0.3) is 0 Å². The number of hydrogen-bond acceptors (Lipinski definition) is 3. The molecular formula is C15H26O4. The average Bonchev–Trinajstić information content (AvgIpc) is 2.47. The molecule has 1 aliphatic heterocycles. The van der Waals surface area contributed by atoms with Crippen LogP contribution < -0.4 is 0 Å².